The molecule has 0 amide bonds. The van der Waals surface area contributed by atoms with E-state index in [1.54, 1.807) is 29.7 Å². The summed E-state index contributed by atoms with van der Waals surface area (Å²) in [6.45, 7) is -0.134. The van der Waals surface area contributed by atoms with Crippen molar-refractivity contribution in [1.82, 2.24) is 9.55 Å². The molecule has 0 bridgehead atoms. The van der Waals surface area contributed by atoms with Crippen LogP contribution in [0.4, 0.5) is 0 Å². The lowest BCUT2D eigenvalue weighted by atomic mass is 9.93. The second-order valence-electron chi connectivity index (χ2n) is 6.95. The van der Waals surface area contributed by atoms with Gasteiger partial charge in [0.25, 0.3) is 0 Å². The Morgan fingerprint density at radius 1 is 1.07 bits per heavy atom. The average Bonchev–Trinajstić information content (AvgIpc) is 2.72. The molecule has 0 aliphatic rings. The van der Waals surface area contributed by atoms with Crippen molar-refractivity contribution in [3.8, 4) is 11.6 Å². The molecule has 0 aliphatic carbocycles. The van der Waals surface area contributed by atoms with Crippen molar-refractivity contribution >= 4 is 45.7 Å². The van der Waals surface area contributed by atoms with E-state index in [1.807, 2.05) is 0 Å². The second kappa shape index (κ2) is 9.09. The summed E-state index contributed by atoms with van der Waals surface area (Å²) >= 11 is 19.2. The summed E-state index contributed by atoms with van der Waals surface area (Å²) < 4.78 is 7.30. The molecule has 0 unspecified atom stereocenters. The van der Waals surface area contributed by atoms with Gasteiger partial charge in [-0.1, -0.05) is 40.9 Å². The van der Waals surface area contributed by atoms with E-state index in [-0.39, 0.29) is 22.9 Å². The van der Waals surface area contributed by atoms with Crippen LogP contribution in [0.1, 0.15) is 5.69 Å². The molecular weight excluding hydrogens is 455 g/mol. The van der Waals surface area contributed by atoms with Gasteiger partial charge in [0.1, 0.15) is 12.0 Å². The number of rotatable bonds is 7. The van der Waals surface area contributed by atoms with Gasteiger partial charge in [-0.3, -0.25) is 4.79 Å². The molecule has 0 saturated heterocycles. The van der Waals surface area contributed by atoms with Crippen LogP contribution in [0.5, 0.6) is 5.88 Å². The smallest absolute Gasteiger partial charge is 0.227 e. The van der Waals surface area contributed by atoms with Gasteiger partial charge in [-0.05, 0) is 19.1 Å². The number of hydrogen-bond acceptors (Lipinski definition) is 6. The van der Waals surface area contributed by atoms with Crippen molar-refractivity contribution in [3.63, 3.8) is 0 Å². The molecule has 0 spiro atoms. The normalized spacial score (nSPS) is 11.8. The zero-order valence-electron chi connectivity index (χ0n) is 15.9. The fourth-order valence-corrected chi connectivity index (χ4v) is 3.81. The maximum absolute atomic E-state index is 12.9. The maximum Gasteiger partial charge on any atom is 0.227 e. The van der Waals surface area contributed by atoms with Crippen LogP contribution < -0.4 is 10.2 Å². The van der Waals surface area contributed by atoms with E-state index in [0.29, 0.717) is 26.9 Å². The molecule has 2 aromatic heterocycles. The third-order valence-corrected chi connectivity index (χ3v) is 5.70. The number of nitrogens with zero attached hydrogens (tertiary/aromatic N) is 2. The Kier molecular flexibility index (Phi) is 6.91. The Morgan fingerprint density at radius 3 is 2.23 bits per heavy atom. The van der Waals surface area contributed by atoms with Gasteiger partial charge in [0.15, 0.2) is 5.43 Å². The first-order valence-corrected chi connectivity index (χ1v) is 10.0. The van der Waals surface area contributed by atoms with E-state index >= 15 is 0 Å². The van der Waals surface area contributed by atoms with Crippen molar-refractivity contribution < 1.29 is 20.1 Å². The number of hydrogen-bond donors (Lipinski definition) is 3. The predicted molar refractivity (Wildman–Crippen MR) is 116 cm³/mol. The number of aromatic nitrogens is 2. The van der Waals surface area contributed by atoms with Crippen molar-refractivity contribution in [2.24, 2.45) is 5.41 Å². The SMILES string of the molecule is Cc1cc(=O)c2c(OCC(CO)(CO)CO)ncc(Cl)c2n1-c1c(Cl)cccc1Cl. The zero-order chi connectivity index (χ0) is 22.1. The second-order valence-corrected chi connectivity index (χ2v) is 8.18. The maximum atomic E-state index is 12.9. The fourth-order valence-electron chi connectivity index (χ4n) is 3.01. The minimum absolute atomic E-state index is 0.0592. The van der Waals surface area contributed by atoms with Crippen LogP contribution in [0, 0.1) is 12.3 Å². The van der Waals surface area contributed by atoms with Crippen LogP contribution in [-0.2, 0) is 0 Å². The third kappa shape index (κ3) is 4.01. The quantitative estimate of drug-likeness (QED) is 0.487. The molecule has 7 nitrogen and oxygen atoms in total. The number of ether oxygens (including phenoxy) is 1. The number of pyridine rings is 2. The highest BCUT2D eigenvalue weighted by atomic mass is 35.5. The molecule has 0 aliphatic heterocycles. The number of fused-ring (bicyclic) bond motifs is 1. The molecule has 3 rings (SSSR count). The van der Waals surface area contributed by atoms with Gasteiger partial charge < -0.3 is 24.6 Å². The summed E-state index contributed by atoms with van der Waals surface area (Å²) in [6, 6.07) is 6.40. The van der Waals surface area contributed by atoms with Crippen molar-refractivity contribution in [1.29, 1.82) is 0 Å². The molecule has 10 heteroatoms. The van der Waals surface area contributed by atoms with Crippen LogP contribution in [-0.4, -0.2) is 51.3 Å². The molecule has 3 N–H and O–H groups in total. The Hall–Kier alpha value is -1.87. The topological polar surface area (TPSA) is 105 Å². The van der Waals surface area contributed by atoms with Crippen LogP contribution in [0.15, 0.2) is 35.3 Å². The fraction of sp³-hybridized carbons (Fsp3) is 0.300. The summed E-state index contributed by atoms with van der Waals surface area (Å²) in [5.74, 6) is -0.0592. The molecule has 0 fully saturated rings. The molecule has 1 aromatic carbocycles. The number of benzene rings is 1. The minimum atomic E-state index is -1.30. The van der Waals surface area contributed by atoms with Gasteiger partial charge in [0, 0.05) is 11.8 Å². The average molecular weight is 474 g/mol. The summed E-state index contributed by atoms with van der Waals surface area (Å²) in [7, 11) is 0. The van der Waals surface area contributed by atoms with E-state index in [1.165, 1.54) is 12.3 Å². The summed E-state index contributed by atoms with van der Waals surface area (Å²) in [6.07, 6.45) is 1.32. The standard InChI is InChI=1S/C20H19Cl3N2O5/c1-11-5-15(29)16-18(25(11)17-12(21)3-2-4-13(17)22)14(23)6-24-19(16)30-10-20(7-26,8-27)9-28/h2-6,26-28H,7-10H2,1H3. The van der Waals surface area contributed by atoms with Crippen LogP contribution in [0.25, 0.3) is 16.6 Å². The van der Waals surface area contributed by atoms with E-state index in [9.17, 15) is 20.1 Å². The van der Waals surface area contributed by atoms with E-state index < -0.39 is 30.7 Å². The molecule has 30 heavy (non-hydrogen) atoms. The number of aryl methyl sites for hydroxylation is 1. The van der Waals surface area contributed by atoms with Crippen LogP contribution in [0.3, 0.4) is 0 Å². The summed E-state index contributed by atoms with van der Waals surface area (Å²) in [5.41, 5.74) is -0.419. The summed E-state index contributed by atoms with van der Waals surface area (Å²) in [5, 5.41) is 29.5. The molecule has 0 atom stereocenters. The molecule has 0 saturated carbocycles. The lowest BCUT2D eigenvalue weighted by molar-refractivity contribution is -0.0264. The van der Waals surface area contributed by atoms with Gasteiger partial charge in [-0.2, -0.15) is 0 Å². The Morgan fingerprint density at radius 2 is 1.67 bits per heavy atom. The van der Waals surface area contributed by atoms with Gasteiger partial charge in [-0.25, -0.2) is 4.98 Å². The Bertz CT molecular complexity index is 1120. The largest absolute Gasteiger partial charge is 0.476 e. The molecular formula is C20H19Cl3N2O5. The highest BCUT2D eigenvalue weighted by Gasteiger charge is 2.30. The van der Waals surface area contributed by atoms with Crippen LogP contribution in [0.2, 0.25) is 15.1 Å². The molecule has 3 aromatic rings. The van der Waals surface area contributed by atoms with Gasteiger partial charge >= 0.3 is 0 Å². The van der Waals surface area contributed by atoms with E-state index in [4.69, 9.17) is 39.5 Å². The van der Waals surface area contributed by atoms with Crippen LogP contribution >= 0.6 is 34.8 Å². The Labute approximate surface area is 187 Å². The number of para-hydroxylation sites is 1. The number of aliphatic hydroxyl groups is 3. The Balaban J connectivity index is 2.28. The number of aliphatic hydroxyl groups excluding tert-OH is 3. The molecule has 160 valence electrons. The zero-order valence-corrected chi connectivity index (χ0v) is 18.2. The van der Waals surface area contributed by atoms with Gasteiger partial charge in [0.2, 0.25) is 5.88 Å². The van der Waals surface area contributed by atoms with E-state index in [2.05, 4.69) is 4.98 Å². The van der Waals surface area contributed by atoms with Crippen molar-refractivity contribution in [3.05, 3.63) is 61.4 Å². The number of halogens is 3. The monoisotopic (exact) mass is 472 g/mol. The first kappa shape index (κ1) is 22.8. The van der Waals surface area contributed by atoms with Crippen molar-refractivity contribution in [2.45, 2.75) is 6.92 Å². The summed E-state index contributed by atoms with van der Waals surface area (Å²) in [4.78, 5) is 17.0. The highest BCUT2D eigenvalue weighted by Crippen LogP contribution is 2.36. The first-order valence-electron chi connectivity index (χ1n) is 8.89. The lowest BCUT2D eigenvalue weighted by Crippen LogP contribution is -2.40. The third-order valence-electron chi connectivity index (χ3n) is 4.82. The molecule has 0 radical (unpaired) electrons. The predicted octanol–water partition coefficient (Wildman–Crippen LogP) is 3.00. The first-order chi connectivity index (χ1) is 14.3. The lowest BCUT2D eigenvalue weighted by Gasteiger charge is -2.27. The van der Waals surface area contributed by atoms with Crippen molar-refractivity contribution in [2.75, 3.05) is 26.4 Å². The minimum Gasteiger partial charge on any atom is -0.476 e. The van der Waals surface area contributed by atoms with E-state index in [0.717, 1.165) is 0 Å². The molecule has 2 heterocycles. The van der Waals surface area contributed by atoms with Gasteiger partial charge in [0.05, 0.1) is 57.7 Å². The highest BCUT2D eigenvalue weighted by molar-refractivity contribution is 6.38. The van der Waals surface area contributed by atoms with Gasteiger partial charge in [-0.15, -0.1) is 0 Å².